The van der Waals surface area contributed by atoms with Gasteiger partial charge in [0.15, 0.2) is 0 Å². The molecule has 0 N–H and O–H groups in total. The summed E-state index contributed by atoms with van der Waals surface area (Å²) >= 11 is 0. The van der Waals surface area contributed by atoms with Crippen LogP contribution in [0.25, 0.3) is 0 Å². The van der Waals surface area contributed by atoms with Crippen LogP contribution in [0, 0.1) is 5.82 Å². The van der Waals surface area contributed by atoms with Gasteiger partial charge < -0.3 is 14.1 Å². The first-order valence-electron chi connectivity index (χ1n) is 10.5. The number of methoxy groups -OCH3 is 1. The van der Waals surface area contributed by atoms with Crippen LogP contribution in [0.1, 0.15) is 11.3 Å². The molecule has 0 spiro atoms. The van der Waals surface area contributed by atoms with Gasteiger partial charge in [-0.1, -0.05) is 30.3 Å². The van der Waals surface area contributed by atoms with Gasteiger partial charge in [-0.25, -0.2) is 12.8 Å². The molecule has 1 heterocycles. The van der Waals surface area contributed by atoms with Gasteiger partial charge in [-0.15, -0.1) is 0 Å². The molecule has 176 valence electrons. The van der Waals surface area contributed by atoms with Crippen molar-refractivity contribution in [1.82, 2.24) is 9.21 Å². The minimum absolute atomic E-state index is 0.0186. The number of ether oxygens (including phenoxy) is 1. The Morgan fingerprint density at radius 2 is 1.73 bits per heavy atom. The smallest absolute Gasteiger partial charge is 0.243 e. The molecule has 1 aromatic heterocycles. The summed E-state index contributed by atoms with van der Waals surface area (Å²) in [6.07, 6.45) is 2.13. The highest BCUT2D eigenvalue weighted by molar-refractivity contribution is 7.89. The molecule has 0 aliphatic heterocycles. The molecule has 0 bridgehead atoms. The summed E-state index contributed by atoms with van der Waals surface area (Å²) in [4.78, 5) is 14.8. The fourth-order valence-electron chi connectivity index (χ4n) is 3.28. The van der Waals surface area contributed by atoms with Crippen LogP contribution in [0.3, 0.4) is 0 Å². The lowest BCUT2D eigenvalue weighted by molar-refractivity contribution is -0.132. The van der Waals surface area contributed by atoms with Crippen molar-refractivity contribution in [3.63, 3.8) is 0 Å². The quantitative estimate of drug-likeness (QED) is 0.402. The SMILES string of the molecule is COCCN(CC(=O)N(CCc1ccccc1)Cc1ccco1)S(=O)(=O)c1ccc(F)cc1. The van der Waals surface area contributed by atoms with Crippen molar-refractivity contribution in [2.24, 2.45) is 0 Å². The predicted molar refractivity (Wildman–Crippen MR) is 121 cm³/mol. The van der Waals surface area contributed by atoms with Gasteiger partial charge in [-0.05, 0) is 48.4 Å². The van der Waals surface area contributed by atoms with E-state index in [2.05, 4.69) is 0 Å². The molecule has 1 amide bonds. The molecular weight excluding hydrogens is 447 g/mol. The number of hydrogen-bond donors (Lipinski definition) is 0. The highest BCUT2D eigenvalue weighted by Gasteiger charge is 2.28. The second-order valence-electron chi connectivity index (χ2n) is 7.42. The third kappa shape index (κ3) is 6.98. The van der Waals surface area contributed by atoms with Crippen molar-refractivity contribution in [2.75, 3.05) is 33.4 Å². The zero-order chi connectivity index (χ0) is 23.7. The number of hydrogen-bond acceptors (Lipinski definition) is 5. The number of rotatable bonds is 12. The lowest BCUT2D eigenvalue weighted by atomic mass is 10.1. The highest BCUT2D eigenvalue weighted by atomic mass is 32.2. The summed E-state index contributed by atoms with van der Waals surface area (Å²) in [7, 11) is -2.58. The van der Waals surface area contributed by atoms with Gasteiger partial charge in [-0.3, -0.25) is 4.79 Å². The number of nitrogens with zero attached hydrogens (tertiary/aromatic N) is 2. The third-order valence-corrected chi connectivity index (χ3v) is 6.96. The van der Waals surface area contributed by atoms with Gasteiger partial charge >= 0.3 is 0 Å². The van der Waals surface area contributed by atoms with E-state index in [0.29, 0.717) is 18.7 Å². The first-order chi connectivity index (χ1) is 15.9. The van der Waals surface area contributed by atoms with E-state index >= 15 is 0 Å². The second kappa shape index (κ2) is 11.7. The van der Waals surface area contributed by atoms with E-state index in [-0.39, 0.29) is 37.0 Å². The molecule has 0 saturated carbocycles. The van der Waals surface area contributed by atoms with Gasteiger partial charge in [0, 0.05) is 20.2 Å². The van der Waals surface area contributed by atoms with Crippen LogP contribution in [-0.4, -0.2) is 56.9 Å². The zero-order valence-electron chi connectivity index (χ0n) is 18.4. The fourth-order valence-corrected chi connectivity index (χ4v) is 4.65. The van der Waals surface area contributed by atoms with E-state index in [0.717, 1.165) is 22.0 Å². The monoisotopic (exact) mass is 474 g/mol. The van der Waals surface area contributed by atoms with Crippen LogP contribution < -0.4 is 0 Å². The minimum Gasteiger partial charge on any atom is -0.467 e. The molecule has 0 saturated heterocycles. The Hall–Kier alpha value is -3.01. The molecule has 33 heavy (non-hydrogen) atoms. The lowest BCUT2D eigenvalue weighted by Crippen LogP contribution is -2.44. The number of carbonyl (C=O) groups excluding carboxylic acids is 1. The van der Waals surface area contributed by atoms with Crippen LogP contribution in [0.5, 0.6) is 0 Å². The Morgan fingerprint density at radius 1 is 1.00 bits per heavy atom. The first kappa shape index (κ1) is 24.6. The molecular formula is C24H27FN2O5S. The Morgan fingerprint density at radius 3 is 2.36 bits per heavy atom. The van der Waals surface area contributed by atoms with Crippen molar-refractivity contribution >= 4 is 15.9 Å². The normalized spacial score (nSPS) is 11.6. The van der Waals surface area contributed by atoms with Crippen molar-refractivity contribution in [1.29, 1.82) is 0 Å². The molecule has 9 heteroatoms. The number of halogens is 1. The number of carbonyl (C=O) groups is 1. The van der Waals surface area contributed by atoms with Gasteiger partial charge in [0.2, 0.25) is 15.9 Å². The van der Waals surface area contributed by atoms with Crippen LogP contribution in [-0.2, 0) is 32.5 Å². The maximum Gasteiger partial charge on any atom is 0.243 e. The highest BCUT2D eigenvalue weighted by Crippen LogP contribution is 2.17. The summed E-state index contributed by atoms with van der Waals surface area (Å²) < 4.78 is 51.1. The molecule has 3 rings (SSSR count). The number of amides is 1. The Labute approximate surface area is 193 Å². The molecule has 2 aromatic carbocycles. The Bertz CT molecular complexity index is 1100. The van der Waals surface area contributed by atoms with Crippen LogP contribution in [0.15, 0.2) is 82.3 Å². The summed E-state index contributed by atoms with van der Waals surface area (Å²) in [5.41, 5.74) is 1.06. The summed E-state index contributed by atoms with van der Waals surface area (Å²) in [5, 5.41) is 0. The molecule has 0 fully saturated rings. The number of sulfonamides is 1. The predicted octanol–water partition coefficient (Wildman–Crippen LogP) is 3.33. The number of benzene rings is 2. The van der Waals surface area contributed by atoms with Gasteiger partial charge in [0.05, 0.1) is 30.9 Å². The summed E-state index contributed by atoms with van der Waals surface area (Å²) in [6, 6.07) is 17.7. The third-order valence-electron chi connectivity index (χ3n) is 5.10. The van der Waals surface area contributed by atoms with Crippen molar-refractivity contribution in [2.45, 2.75) is 17.9 Å². The summed E-state index contributed by atoms with van der Waals surface area (Å²) in [5.74, 6) is -0.315. The van der Waals surface area contributed by atoms with Gasteiger partial charge in [0.25, 0.3) is 0 Å². The van der Waals surface area contributed by atoms with Crippen LogP contribution in [0.4, 0.5) is 4.39 Å². The topological polar surface area (TPSA) is 80.1 Å². The van der Waals surface area contributed by atoms with E-state index in [1.54, 1.807) is 17.0 Å². The standard InChI is InChI=1S/C24H27FN2O5S/c1-31-17-15-27(33(29,30)23-11-9-21(25)10-12-23)19-24(28)26(18-22-8-5-16-32-22)14-13-20-6-3-2-4-7-20/h2-12,16H,13-15,17-19H2,1H3. The molecule has 0 radical (unpaired) electrons. The van der Waals surface area contributed by atoms with Crippen LogP contribution >= 0.6 is 0 Å². The molecule has 3 aromatic rings. The lowest BCUT2D eigenvalue weighted by Gasteiger charge is -2.27. The summed E-state index contributed by atoms with van der Waals surface area (Å²) in [6.45, 7) is 0.315. The molecule has 0 aliphatic carbocycles. The van der Waals surface area contributed by atoms with E-state index in [1.807, 2.05) is 30.3 Å². The largest absolute Gasteiger partial charge is 0.467 e. The minimum atomic E-state index is -4.03. The fraction of sp³-hybridized carbons (Fsp3) is 0.292. The molecule has 7 nitrogen and oxygen atoms in total. The van der Waals surface area contributed by atoms with E-state index in [4.69, 9.17) is 9.15 Å². The maximum atomic E-state index is 13.3. The molecule has 0 aliphatic rings. The Kier molecular flexibility index (Phi) is 8.76. The van der Waals surface area contributed by atoms with Crippen molar-refractivity contribution in [3.05, 3.63) is 90.1 Å². The molecule has 0 unspecified atom stereocenters. The number of furan rings is 1. The van der Waals surface area contributed by atoms with Crippen molar-refractivity contribution in [3.8, 4) is 0 Å². The van der Waals surface area contributed by atoms with Crippen molar-refractivity contribution < 1.29 is 26.8 Å². The van der Waals surface area contributed by atoms with Crippen LogP contribution in [0.2, 0.25) is 0 Å². The van der Waals surface area contributed by atoms with Gasteiger partial charge in [-0.2, -0.15) is 4.31 Å². The Balaban J connectivity index is 1.79. The van der Waals surface area contributed by atoms with E-state index < -0.39 is 15.8 Å². The average molecular weight is 475 g/mol. The van der Waals surface area contributed by atoms with E-state index in [9.17, 15) is 17.6 Å². The molecule has 0 atom stereocenters. The maximum absolute atomic E-state index is 13.3. The second-order valence-corrected chi connectivity index (χ2v) is 9.35. The van der Waals surface area contributed by atoms with Gasteiger partial charge in [0.1, 0.15) is 11.6 Å². The zero-order valence-corrected chi connectivity index (χ0v) is 19.2. The van der Waals surface area contributed by atoms with E-state index in [1.165, 1.54) is 25.5 Å². The first-order valence-corrected chi connectivity index (χ1v) is 11.9. The average Bonchev–Trinajstić information content (AvgIpc) is 3.33.